The van der Waals surface area contributed by atoms with Gasteiger partial charge < -0.3 is 9.15 Å². The van der Waals surface area contributed by atoms with E-state index in [1.54, 1.807) is 24.3 Å². The number of alkyl halides is 2. The summed E-state index contributed by atoms with van der Waals surface area (Å²) in [6.45, 7) is 0.0846. The van der Waals surface area contributed by atoms with E-state index in [0.29, 0.717) is 22.7 Å². The normalized spacial score (nSPS) is 10.6. The van der Waals surface area contributed by atoms with Crippen molar-refractivity contribution in [3.8, 4) is 23.3 Å². The van der Waals surface area contributed by atoms with E-state index >= 15 is 0 Å². The van der Waals surface area contributed by atoms with Crippen LogP contribution in [0.3, 0.4) is 0 Å². The third-order valence-electron chi connectivity index (χ3n) is 2.91. The molecule has 0 saturated carbocycles. The smallest absolute Gasteiger partial charge is 0.314 e. The average molecular weight is 329 g/mol. The van der Waals surface area contributed by atoms with E-state index in [4.69, 9.17) is 14.4 Å². The van der Waals surface area contributed by atoms with Gasteiger partial charge in [-0.2, -0.15) is 14.0 Å². The fourth-order valence-electron chi connectivity index (χ4n) is 1.78. The molecule has 0 saturated heterocycles. The van der Waals surface area contributed by atoms with Crippen LogP contribution < -0.4 is 4.74 Å². The molecule has 7 nitrogen and oxygen atoms in total. The van der Waals surface area contributed by atoms with Gasteiger partial charge in [0.2, 0.25) is 0 Å². The zero-order valence-electron chi connectivity index (χ0n) is 12.1. The molecule has 3 aromatic rings. The fraction of sp³-hybridized carbons (Fsp3) is 0.133. The number of hydrogen-bond donors (Lipinski definition) is 0. The first-order valence-electron chi connectivity index (χ1n) is 6.71. The molecular weight excluding hydrogens is 320 g/mol. The van der Waals surface area contributed by atoms with E-state index in [9.17, 15) is 8.78 Å². The van der Waals surface area contributed by atoms with E-state index in [1.165, 1.54) is 12.4 Å². The molecule has 9 heteroatoms. The van der Waals surface area contributed by atoms with Gasteiger partial charge in [0.05, 0.1) is 17.2 Å². The Morgan fingerprint density at radius 1 is 1.21 bits per heavy atom. The number of ether oxygens (including phenoxy) is 1. The van der Waals surface area contributed by atoms with Crippen LogP contribution in [0.15, 0.2) is 41.1 Å². The standard InChI is InChI=1S/C15H9F2N5O2/c16-13(17)15-22-21-14(24-15)10-6-19-12(20-7-10)8-23-11-3-1-2-9(4-11)5-18/h1-4,6-7,13H,8H2. The molecule has 0 aliphatic heterocycles. The van der Waals surface area contributed by atoms with Gasteiger partial charge in [0.1, 0.15) is 12.4 Å². The molecule has 2 heterocycles. The first kappa shape index (κ1) is 15.5. The molecule has 0 spiro atoms. The SMILES string of the molecule is N#Cc1cccc(OCc2ncc(-c3nnc(C(F)F)o3)cn2)c1. The lowest BCUT2D eigenvalue weighted by molar-refractivity contribution is 0.116. The predicted molar refractivity (Wildman–Crippen MR) is 75.8 cm³/mol. The number of nitriles is 1. The molecule has 1 aromatic carbocycles. The average Bonchev–Trinajstić information content (AvgIpc) is 3.11. The summed E-state index contributed by atoms with van der Waals surface area (Å²) in [5.74, 6) is 0.0455. The van der Waals surface area contributed by atoms with Gasteiger partial charge in [-0.1, -0.05) is 6.07 Å². The summed E-state index contributed by atoms with van der Waals surface area (Å²) in [4.78, 5) is 8.10. The number of nitrogens with zero attached hydrogens (tertiary/aromatic N) is 5. The summed E-state index contributed by atoms with van der Waals surface area (Å²) >= 11 is 0. The lowest BCUT2D eigenvalue weighted by Gasteiger charge is -2.05. The topological polar surface area (TPSA) is 97.7 Å². The first-order chi connectivity index (χ1) is 11.7. The third-order valence-corrected chi connectivity index (χ3v) is 2.91. The van der Waals surface area contributed by atoms with E-state index in [0.717, 1.165) is 0 Å². The molecule has 0 atom stereocenters. The monoisotopic (exact) mass is 329 g/mol. The molecule has 24 heavy (non-hydrogen) atoms. The highest BCUT2D eigenvalue weighted by molar-refractivity contribution is 5.48. The zero-order chi connectivity index (χ0) is 16.9. The molecule has 120 valence electrons. The van der Waals surface area contributed by atoms with E-state index in [1.807, 2.05) is 6.07 Å². The van der Waals surface area contributed by atoms with Gasteiger partial charge in [-0.3, -0.25) is 0 Å². The van der Waals surface area contributed by atoms with Crippen LogP contribution in [0.1, 0.15) is 23.7 Å². The molecule has 2 aromatic heterocycles. The Balaban J connectivity index is 1.67. The van der Waals surface area contributed by atoms with Gasteiger partial charge in [-0.25, -0.2) is 9.97 Å². The molecule has 0 aliphatic carbocycles. The van der Waals surface area contributed by atoms with Crippen molar-refractivity contribution in [2.45, 2.75) is 13.0 Å². The Bertz CT molecular complexity index is 874. The fourth-order valence-corrected chi connectivity index (χ4v) is 1.78. The van der Waals surface area contributed by atoms with Crippen molar-refractivity contribution in [3.05, 3.63) is 53.9 Å². The summed E-state index contributed by atoms with van der Waals surface area (Å²) in [6, 6.07) is 8.68. The summed E-state index contributed by atoms with van der Waals surface area (Å²) < 4.78 is 35.1. The van der Waals surface area contributed by atoms with E-state index in [-0.39, 0.29) is 12.5 Å². The second kappa shape index (κ2) is 6.78. The minimum absolute atomic E-state index is 0.0838. The maximum Gasteiger partial charge on any atom is 0.314 e. The highest BCUT2D eigenvalue weighted by Crippen LogP contribution is 2.22. The summed E-state index contributed by atoms with van der Waals surface area (Å²) in [6.07, 6.45) is -0.0793. The Morgan fingerprint density at radius 3 is 2.67 bits per heavy atom. The Morgan fingerprint density at radius 2 is 2.00 bits per heavy atom. The van der Waals surface area contributed by atoms with Crippen molar-refractivity contribution in [3.63, 3.8) is 0 Å². The predicted octanol–water partition coefficient (Wildman–Crippen LogP) is 2.91. The lowest BCUT2D eigenvalue weighted by atomic mass is 10.2. The summed E-state index contributed by atoms with van der Waals surface area (Å²) in [5.41, 5.74) is 0.805. The second-order valence-electron chi connectivity index (χ2n) is 4.56. The molecule has 0 radical (unpaired) electrons. The largest absolute Gasteiger partial charge is 0.486 e. The van der Waals surface area contributed by atoms with E-state index < -0.39 is 12.3 Å². The Kier molecular flexibility index (Phi) is 4.38. The van der Waals surface area contributed by atoms with Crippen LogP contribution in [0.4, 0.5) is 8.78 Å². The lowest BCUT2D eigenvalue weighted by Crippen LogP contribution is -2.01. The van der Waals surface area contributed by atoms with Crippen molar-refractivity contribution in [1.82, 2.24) is 20.2 Å². The van der Waals surface area contributed by atoms with Gasteiger partial charge in [0, 0.05) is 12.4 Å². The molecule has 0 unspecified atom stereocenters. The number of aromatic nitrogens is 4. The maximum atomic E-state index is 12.4. The minimum atomic E-state index is -2.83. The van der Waals surface area contributed by atoms with Crippen molar-refractivity contribution in [1.29, 1.82) is 5.26 Å². The molecular formula is C15H9F2N5O2. The molecule has 0 fully saturated rings. The molecule has 0 N–H and O–H groups in total. The van der Waals surface area contributed by atoms with Crippen LogP contribution in [0.5, 0.6) is 5.75 Å². The highest BCUT2D eigenvalue weighted by atomic mass is 19.3. The number of halogens is 2. The van der Waals surface area contributed by atoms with Gasteiger partial charge >= 0.3 is 6.43 Å². The quantitative estimate of drug-likeness (QED) is 0.709. The van der Waals surface area contributed by atoms with Crippen LogP contribution in [-0.4, -0.2) is 20.2 Å². The van der Waals surface area contributed by atoms with Gasteiger partial charge in [-0.15, -0.1) is 10.2 Å². The molecule has 3 rings (SSSR count). The summed E-state index contributed by atoms with van der Waals surface area (Å²) in [5, 5.41) is 15.6. The van der Waals surface area contributed by atoms with Gasteiger partial charge in [0.25, 0.3) is 11.8 Å². The molecule has 0 bridgehead atoms. The second-order valence-corrected chi connectivity index (χ2v) is 4.56. The van der Waals surface area contributed by atoms with Crippen molar-refractivity contribution < 1.29 is 17.9 Å². The zero-order valence-corrected chi connectivity index (χ0v) is 12.1. The van der Waals surface area contributed by atoms with Crippen LogP contribution in [-0.2, 0) is 6.61 Å². The van der Waals surface area contributed by atoms with Crippen molar-refractivity contribution in [2.75, 3.05) is 0 Å². The molecule has 0 aliphatic rings. The van der Waals surface area contributed by atoms with Crippen LogP contribution in [0, 0.1) is 11.3 Å². The van der Waals surface area contributed by atoms with Gasteiger partial charge in [-0.05, 0) is 18.2 Å². The molecule has 0 amide bonds. The Labute approximate surface area is 134 Å². The number of benzene rings is 1. The number of hydrogen-bond acceptors (Lipinski definition) is 7. The van der Waals surface area contributed by atoms with Crippen molar-refractivity contribution in [2.24, 2.45) is 0 Å². The van der Waals surface area contributed by atoms with Crippen LogP contribution >= 0.6 is 0 Å². The van der Waals surface area contributed by atoms with Gasteiger partial charge in [0.15, 0.2) is 5.82 Å². The first-order valence-corrected chi connectivity index (χ1v) is 6.71. The summed E-state index contributed by atoms with van der Waals surface area (Å²) in [7, 11) is 0. The van der Waals surface area contributed by atoms with Crippen LogP contribution in [0.25, 0.3) is 11.5 Å². The third kappa shape index (κ3) is 3.49. The van der Waals surface area contributed by atoms with E-state index in [2.05, 4.69) is 20.2 Å². The van der Waals surface area contributed by atoms with Crippen LogP contribution in [0.2, 0.25) is 0 Å². The number of rotatable bonds is 5. The minimum Gasteiger partial charge on any atom is -0.486 e. The Hall–Kier alpha value is -3.41. The van der Waals surface area contributed by atoms with Crippen molar-refractivity contribution >= 4 is 0 Å². The highest BCUT2D eigenvalue weighted by Gasteiger charge is 2.17. The maximum absolute atomic E-state index is 12.4.